The average molecular weight is 268 g/mol. The number of halogens is 3. The molecule has 1 aromatic rings. The maximum Gasteiger partial charge on any atom is 0.0438 e. The maximum absolute atomic E-state index is 5.97. The van der Waals surface area contributed by atoms with Gasteiger partial charge in [0.25, 0.3) is 0 Å². The van der Waals surface area contributed by atoms with E-state index in [1.807, 2.05) is 18.2 Å². The molecule has 0 radical (unpaired) electrons. The Hall–Kier alpha value is 0.280. The molecule has 0 fully saturated rings. The Morgan fingerprint density at radius 2 is 2.08 bits per heavy atom. The first kappa shape index (κ1) is 10.4. The Morgan fingerprint density at radius 3 is 2.75 bits per heavy atom. The first-order valence-corrected chi connectivity index (χ1v) is 5.44. The van der Waals surface area contributed by atoms with Gasteiger partial charge in [-0.2, -0.15) is 0 Å². The van der Waals surface area contributed by atoms with E-state index in [1.54, 1.807) is 0 Å². The van der Waals surface area contributed by atoms with Gasteiger partial charge in [0.15, 0.2) is 0 Å². The fraction of sp³-hybridized carbons (Fsp3) is 0.333. The number of hydrogen-bond donors (Lipinski definition) is 0. The van der Waals surface area contributed by atoms with Gasteiger partial charge in [0, 0.05) is 15.4 Å². The van der Waals surface area contributed by atoms with Crippen molar-refractivity contribution in [2.24, 2.45) is 0 Å². The van der Waals surface area contributed by atoms with E-state index in [0.29, 0.717) is 5.88 Å². The topological polar surface area (TPSA) is 0 Å². The number of rotatable bonds is 3. The number of benzene rings is 1. The summed E-state index contributed by atoms with van der Waals surface area (Å²) >= 11 is 15.0. The van der Waals surface area contributed by atoms with E-state index in [2.05, 4.69) is 15.9 Å². The average Bonchev–Trinajstić information content (AvgIpc) is 2.07. The van der Waals surface area contributed by atoms with Crippen molar-refractivity contribution >= 4 is 39.1 Å². The van der Waals surface area contributed by atoms with E-state index < -0.39 is 0 Å². The summed E-state index contributed by atoms with van der Waals surface area (Å²) in [6.45, 7) is 0. The fourth-order valence-electron chi connectivity index (χ4n) is 0.992. The van der Waals surface area contributed by atoms with E-state index in [1.165, 1.54) is 0 Å². The lowest BCUT2D eigenvalue weighted by atomic mass is 10.1. The summed E-state index contributed by atoms with van der Waals surface area (Å²) in [4.78, 5) is 0. The molecule has 0 aromatic heterocycles. The van der Waals surface area contributed by atoms with Crippen LogP contribution in [0.25, 0.3) is 0 Å². The highest BCUT2D eigenvalue weighted by Gasteiger charge is 1.99. The lowest BCUT2D eigenvalue weighted by molar-refractivity contribution is 0.928. The van der Waals surface area contributed by atoms with Gasteiger partial charge in [-0.1, -0.05) is 27.5 Å². The van der Waals surface area contributed by atoms with Crippen LogP contribution in [0.15, 0.2) is 22.7 Å². The second kappa shape index (κ2) is 5.11. The van der Waals surface area contributed by atoms with Crippen LogP contribution in [-0.4, -0.2) is 5.88 Å². The van der Waals surface area contributed by atoms with Crippen molar-refractivity contribution in [2.75, 3.05) is 5.88 Å². The highest BCUT2D eigenvalue weighted by molar-refractivity contribution is 9.10. The summed E-state index contributed by atoms with van der Waals surface area (Å²) in [5.74, 6) is 0.683. The number of aryl methyl sites for hydroxylation is 1. The summed E-state index contributed by atoms with van der Waals surface area (Å²) in [6.07, 6.45) is 1.92. The minimum atomic E-state index is 0.683. The summed E-state index contributed by atoms with van der Waals surface area (Å²) < 4.78 is 1.07. The molecular weight excluding hydrogens is 259 g/mol. The van der Waals surface area contributed by atoms with Crippen molar-refractivity contribution in [3.8, 4) is 0 Å². The van der Waals surface area contributed by atoms with Crippen LogP contribution in [0.1, 0.15) is 12.0 Å². The molecule has 0 bridgehead atoms. The van der Waals surface area contributed by atoms with Crippen LogP contribution < -0.4 is 0 Å². The van der Waals surface area contributed by atoms with Crippen LogP contribution in [0.5, 0.6) is 0 Å². The zero-order chi connectivity index (χ0) is 8.97. The highest BCUT2D eigenvalue weighted by atomic mass is 79.9. The van der Waals surface area contributed by atoms with E-state index in [0.717, 1.165) is 27.9 Å². The fourth-order valence-corrected chi connectivity index (χ4v) is 1.75. The van der Waals surface area contributed by atoms with Gasteiger partial charge in [-0.15, -0.1) is 11.6 Å². The van der Waals surface area contributed by atoms with Gasteiger partial charge >= 0.3 is 0 Å². The van der Waals surface area contributed by atoms with Gasteiger partial charge in [-0.05, 0) is 36.6 Å². The van der Waals surface area contributed by atoms with Crippen molar-refractivity contribution in [1.82, 2.24) is 0 Å². The summed E-state index contributed by atoms with van der Waals surface area (Å²) in [5.41, 5.74) is 1.16. The summed E-state index contributed by atoms with van der Waals surface area (Å²) in [6, 6.07) is 5.87. The minimum absolute atomic E-state index is 0.683. The second-order valence-corrected chi connectivity index (χ2v) is 4.23. The third-order valence-electron chi connectivity index (χ3n) is 1.59. The van der Waals surface area contributed by atoms with E-state index in [4.69, 9.17) is 23.2 Å². The van der Waals surface area contributed by atoms with Crippen molar-refractivity contribution in [3.63, 3.8) is 0 Å². The Balaban J connectivity index is 2.75. The highest BCUT2D eigenvalue weighted by Crippen LogP contribution is 2.22. The molecule has 0 aliphatic heterocycles. The first-order chi connectivity index (χ1) is 5.74. The molecule has 0 saturated carbocycles. The molecule has 0 atom stereocenters. The van der Waals surface area contributed by atoms with Gasteiger partial charge in [0.2, 0.25) is 0 Å². The van der Waals surface area contributed by atoms with E-state index >= 15 is 0 Å². The molecule has 0 unspecified atom stereocenters. The normalized spacial score (nSPS) is 10.2. The third kappa shape index (κ3) is 2.96. The zero-order valence-corrected chi connectivity index (χ0v) is 9.59. The molecule has 1 rings (SSSR count). The van der Waals surface area contributed by atoms with Gasteiger partial charge in [-0.3, -0.25) is 0 Å². The molecular formula is C9H9BrCl2. The Morgan fingerprint density at radius 1 is 1.33 bits per heavy atom. The Kier molecular flexibility index (Phi) is 4.41. The third-order valence-corrected chi connectivity index (χ3v) is 2.72. The Bertz CT molecular complexity index is 261. The van der Waals surface area contributed by atoms with Gasteiger partial charge in [0.05, 0.1) is 0 Å². The molecule has 3 heteroatoms. The first-order valence-electron chi connectivity index (χ1n) is 3.74. The van der Waals surface area contributed by atoms with Gasteiger partial charge in [0.1, 0.15) is 0 Å². The SMILES string of the molecule is ClCCCc1cc(Br)ccc1Cl. The molecule has 0 aliphatic carbocycles. The smallest absolute Gasteiger partial charge is 0.0438 e. The van der Waals surface area contributed by atoms with Crippen molar-refractivity contribution in [3.05, 3.63) is 33.3 Å². The predicted octanol–water partition coefficient (Wildman–Crippen LogP) is 4.27. The number of hydrogen-bond acceptors (Lipinski definition) is 0. The van der Waals surface area contributed by atoms with Crippen molar-refractivity contribution in [1.29, 1.82) is 0 Å². The standard InChI is InChI=1S/C9H9BrCl2/c10-8-3-4-9(12)7(6-8)2-1-5-11/h3-4,6H,1-2,5H2. The lowest BCUT2D eigenvalue weighted by Gasteiger charge is -2.02. The van der Waals surface area contributed by atoms with Crippen molar-refractivity contribution < 1.29 is 0 Å². The molecule has 0 saturated heterocycles. The predicted molar refractivity (Wildman–Crippen MR) is 58.2 cm³/mol. The second-order valence-electron chi connectivity index (χ2n) is 2.53. The molecule has 0 spiro atoms. The largest absolute Gasteiger partial charge is 0.127 e. The Labute approximate surface area is 91.0 Å². The molecule has 0 nitrogen and oxygen atoms in total. The van der Waals surface area contributed by atoms with Crippen LogP contribution in [0.4, 0.5) is 0 Å². The molecule has 0 amide bonds. The maximum atomic E-state index is 5.97. The zero-order valence-electron chi connectivity index (χ0n) is 6.49. The molecule has 0 N–H and O–H groups in total. The van der Waals surface area contributed by atoms with E-state index in [9.17, 15) is 0 Å². The van der Waals surface area contributed by atoms with Gasteiger partial charge < -0.3 is 0 Å². The monoisotopic (exact) mass is 266 g/mol. The molecule has 66 valence electrons. The summed E-state index contributed by atoms with van der Waals surface area (Å²) in [5, 5.41) is 0.823. The molecule has 0 aliphatic rings. The van der Waals surface area contributed by atoms with Crippen LogP contribution in [-0.2, 0) is 6.42 Å². The van der Waals surface area contributed by atoms with E-state index in [-0.39, 0.29) is 0 Å². The molecule has 0 heterocycles. The molecule has 1 aromatic carbocycles. The number of alkyl halides is 1. The van der Waals surface area contributed by atoms with Crippen LogP contribution >= 0.6 is 39.1 Å². The molecule has 12 heavy (non-hydrogen) atoms. The van der Waals surface area contributed by atoms with Crippen molar-refractivity contribution in [2.45, 2.75) is 12.8 Å². The summed E-state index contributed by atoms with van der Waals surface area (Å²) in [7, 11) is 0. The van der Waals surface area contributed by atoms with Crippen LogP contribution in [0.3, 0.4) is 0 Å². The van der Waals surface area contributed by atoms with Gasteiger partial charge in [-0.25, -0.2) is 0 Å². The van der Waals surface area contributed by atoms with Crippen LogP contribution in [0.2, 0.25) is 5.02 Å². The van der Waals surface area contributed by atoms with Crippen LogP contribution in [0, 0.1) is 0 Å². The quantitative estimate of drug-likeness (QED) is 0.718. The lowest BCUT2D eigenvalue weighted by Crippen LogP contribution is -1.87. The minimum Gasteiger partial charge on any atom is -0.127 e.